The second kappa shape index (κ2) is 5.55. The highest BCUT2D eigenvalue weighted by Crippen LogP contribution is 2.23. The summed E-state index contributed by atoms with van der Waals surface area (Å²) in [5.74, 6) is -0.00550. The highest BCUT2D eigenvalue weighted by molar-refractivity contribution is 7.98. The normalized spacial score (nSPS) is 11.8. The molecule has 0 aliphatic carbocycles. The van der Waals surface area contributed by atoms with Gasteiger partial charge in [-0.15, -0.1) is 5.10 Å². The van der Waals surface area contributed by atoms with Crippen LogP contribution < -0.4 is 0 Å². The molecule has 2 rings (SSSR count). The lowest BCUT2D eigenvalue weighted by molar-refractivity contribution is -0.144. The fraction of sp³-hybridized carbons (Fsp3) is 0.300. The van der Waals surface area contributed by atoms with Crippen molar-refractivity contribution < 1.29 is 17.6 Å². The number of thioether (sulfide) groups is 1. The first-order chi connectivity index (χ1) is 8.94. The summed E-state index contributed by atoms with van der Waals surface area (Å²) in [7, 11) is 0. The van der Waals surface area contributed by atoms with Crippen LogP contribution in [0.1, 0.15) is 5.56 Å². The first-order valence-electron chi connectivity index (χ1n) is 5.14. The first-order valence-corrected chi connectivity index (χ1v) is 6.13. The molecule has 9 heteroatoms. The van der Waals surface area contributed by atoms with Crippen LogP contribution in [0.5, 0.6) is 0 Å². The Labute approximate surface area is 109 Å². The fourth-order valence-electron chi connectivity index (χ4n) is 1.30. The van der Waals surface area contributed by atoms with E-state index in [1.807, 2.05) is 0 Å². The Hall–Kier alpha value is -1.64. The van der Waals surface area contributed by atoms with Crippen LogP contribution in [0.25, 0.3) is 0 Å². The molecule has 102 valence electrons. The van der Waals surface area contributed by atoms with E-state index < -0.39 is 12.7 Å². The number of alkyl halides is 3. The third-order valence-corrected chi connectivity index (χ3v) is 3.14. The number of halogens is 4. The second-order valence-electron chi connectivity index (χ2n) is 3.65. The van der Waals surface area contributed by atoms with Crippen LogP contribution in [0, 0.1) is 5.82 Å². The van der Waals surface area contributed by atoms with E-state index in [-0.39, 0.29) is 11.0 Å². The molecule has 2 aromatic rings. The predicted octanol–water partition coefficient (Wildman–Crippen LogP) is 2.67. The standard InChI is InChI=1S/C10H8F4N4S/c11-8-3-1-7(2-4-8)5-19-9-15-16-17-18(9)6-10(12,13)14/h1-4H,5-6H2. The number of benzene rings is 1. The molecule has 19 heavy (non-hydrogen) atoms. The average molecular weight is 292 g/mol. The Morgan fingerprint density at radius 1 is 1.16 bits per heavy atom. The Morgan fingerprint density at radius 3 is 2.47 bits per heavy atom. The summed E-state index contributed by atoms with van der Waals surface area (Å²) in [5, 5.41) is 10.1. The lowest BCUT2D eigenvalue weighted by Gasteiger charge is -2.07. The van der Waals surface area contributed by atoms with Crippen molar-refractivity contribution in [2.24, 2.45) is 0 Å². The Bertz CT molecular complexity index is 537. The average Bonchev–Trinajstić information content (AvgIpc) is 2.73. The zero-order valence-electron chi connectivity index (χ0n) is 9.43. The molecule has 1 heterocycles. The quantitative estimate of drug-likeness (QED) is 0.642. The van der Waals surface area contributed by atoms with Gasteiger partial charge in [0.15, 0.2) is 0 Å². The number of nitrogens with zero attached hydrogens (tertiary/aromatic N) is 4. The molecule has 0 aliphatic heterocycles. The minimum absolute atomic E-state index is 0.0710. The van der Waals surface area contributed by atoms with Crippen molar-refractivity contribution in [1.82, 2.24) is 20.2 Å². The Morgan fingerprint density at radius 2 is 1.84 bits per heavy atom. The van der Waals surface area contributed by atoms with Crippen LogP contribution >= 0.6 is 11.8 Å². The van der Waals surface area contributed by atoms with Crippen molar-refractivity contribution in [2.45, 2.75) is 23.6 Å². The van der Waals surface area contributed by atoms with Crippen molar-refractivity contribution in [3.63, 3.8) is 0 Å². The van der Waals surface area contributed by atoms with Crippen LogP contribution in [0.4, 0.5) is 17.6 Å². The smallest absolute Gasteiger partial charge is 0.211 e. The van der Waals surface area contributed by atoms with E-state index in [0.717, 1.165) is 17.3 Å². The Kier molecular flexibility index (Phi) is 4.03. The zero-order chi connectivity index (χ0) is 13.9. The van der Waals surface area contributed by atoms with Crippen molar-refractivity contribution in [2.75, 3.05) is 0 Å². The molecular weight excluding hydrogens is 284 g/mol. The van der Waals surface area contributed by atoms with Gasteiger partial charge < -0.3 is 0 Å². The number of hydrogen-bond donors (Lipinski definition) is 0. The lowest BCUT2D eigenvalue weighted by Crippen LogP contribution is -2.19. The maximum atomic E-state index is 12.7. The molecule has 0 N–H and O–H groups in total. The third kappa shape index (κ3) is 4.19. The van der Waals surface area contributed by atoms with Gasteiger partial charge in [0.2, 0.25) is 5.16 Å². The summed E-state index contributed by atoms with van der Waals surface area (Å²) in [4.78, 5) is 0. The molecule has 0 radical (unpaired) electrons. The van der Waals surface area contributed by atoms with Gasteiger partial charge in [0.1, 0.15) is 12.4 Å². The molecular formula is C10H8F4N4S. The van der Waals surface area contributed by atoms with E-state index in [0.29, 0.717) is 10.4 Å². The number of hydrogen-bond acceptors (Lipinski definition) is 4. The Balaban J connectivity index is 2.00. The molecule has 0 saturated carbocycles. The maximum absolute atomic E-state index is 12.7. The summed E-state index contributed by atoms with van der Waals surface area (Å²) >= 11 is 1.06. The molecule has 0 amide bonds. The van der Waals surface area contributed by atoms with Gasteiger partial charge in [-0.05, 0) is 28.1 Å². The van der Waals surface area contributed by atoms with Crippen molar-refractivity contribution >= 4 is 11.8 Å². The third-order valence-electron chi connectivity index (χ3n) is 2.11. The molecule has 4 nitrogen and oxygen atoms in total. The number of aromatic nitrogens is 4. The lowest BCUT2D eigenvalue weighted by atomic mass is 10.2. The van der Waals surface area contributed by atoms with Gasteiger partial charge >= 0.3 is 6.18 Å². The molecule has 0 spiro atoms. The van der Waals surface area contributed by atoms with E-state index in [1.165, 1.54) is 12.1 Å². The number of rotatable bonds is 4. The van der Waals surface area contributed by atoms with Gasteiger partial charge in [-0.1, -0.05) is 23.9 Å². The van der Waals surface area contributed by atoms with Crippen LogP contribution in [0.2, 0.25) is 0 Å². The summed E-state index contributed by atoms with van der Waals surface area (Å²) in [6.45, 7) is -1.23. The van der Waals surface area contributed by atoms with Crippen LogP contribution in [-0.2, 0) is 12.3 Å². The molecule has 0 fully saturated rings. The van der Waals surface area contributed by atoms with Crippen molar-refractivity contribution in [1.29, 1.82) is 0 Å². The molecule has 1 aromatic carbocycles. The van der Waals surface area contributed by atoms with Gasteiger partial charge in [0.25, 0.3) is 0 Å². The van der Waals surface area contributed by atoms with Crippen LogP contribution in [0.15, 0.2) is 29.4 Å². The monoisotopic (exact) mass is 292 g/mol. The zero-order valence-corrected chi connectivity index (χ0v) is 10.2. The maximum Gasteiger partial charge on any atom is 0.408 e. The topological polar surface area (TPSA) is 43.6 Å². The van der Waals surface area contributed by atoms with Gasteiger partial charge in [-0.2, -0.15) is 13.2 Å². The second-order valence-corrected chi connectivity index (χ2v) is 4.59. The minimum Gasteiger partial charge on any atom is -0.211 e. The van der Waals surface area contributed by atoms with Crippen LogP contribution in [-0.4, -0.2) is 26.4 Å². The molecule has 0 saturated heterocycles. The summed E-state index contributed by atoms with van der Waals surface area (Å²) < 4.78 is 50.1. The molecule has 0 atom stereocenters. The predicted molar refractivity (Wildman–Crippen MR) is 59.8 cm³/mol. The highest BCUT2D eigenvalue weighted by Gasteiger charge is 2.30. The van der Waals surface area contributed by atoms with E-state index in [4.69, 9.17) is 0 Å². The SMILES string of the molecule is Fc1ccc(CSc2nnnn2CC(F)(F)F)cc1. The van der Waals surface area contributed by atoms with Crippen molar-refractivity contribution in [3.8, 4) is 0 Å². The molecule has 1 aromatic heterocycles. The minimum atomic E-state index is -4.37. The van der Waals surface area contributed by atoms with Gasteiger partial charge in [-0.3, -0.25) is 0 Å². The fourth-order valence-corrected chi connectivity index (χ4v) is 2.13. The van der Waals surface area contributed by atoms with Crippen LogP contribution in [0.3, 0.4) is 0 Å². The van der Waals surface area contributed by atoms with Gasteiger partial charge in [0.05, 0.1) is 0 Å². The van der Waals surface area contributed by atoms with E-state index >= 15 is 0 Å². The van der Waals surface area contributed by atoms with Crippen molar-refractivity contribution in [3.05, 3.63) is 35.6 Å². The number of tetrazole rings is 1. The van der Waals surface area contributed by atoms with E-state index in [1.54, 1.807) is 12.1 Å². The summed E-state index contributed by atoms with van der Waals surface area (Å²) in [6, 6.07) is 5.68. The molecule has 0 aliphatic rings. The molecule has 0 unspecified atom stereocenters. The van der Waals surface area contributed by atoms with E-state index in [2.05, 4.69) is 15.5 Å². The first kappa shape index (κ1) is 13.8. The molecule has 0 bridgehead atoms. The summed E-state index contributed by atoms with van der Waals surface area (Å²) in [6.07, 6.45) is -4.37. The van der Waals surface area contributed by atoms with Gasteiger partial charge in [0, 0.05) is 5.75 Å². The summed E-state index contributed by atoms with van der Waals surface area (Å²) in [5.41, 5.74) is 0.771. The van der Waals surface area contributed by atoms with Gasteiger partial charge in [-0.25, -0.2) is 9.07 Å². The largest absolute Gasteiger partial charge is 0.408 e. The van der Waals surface area contributed by atoms with E-state index in [9.17, 15) is 17.6 Å². The highest BCUT2D eigenvalue weighted by atomic mass is 32.2.